The number of fused-ring (bicyclic) bond motifs is 1. The third-order valence-electron chi connectivity index (χ3n) is 3.18. The monoisotopic (exact) mass is 327 g/mol. The van der Waals surface area contributed by atoms with E-state index in [-0.39, 0.29) is 29.4 Å². The van der Waals surface area contributed by atoms with Crippen molar-refractivity contribution in [2.24, 2.45) is 0 Å². The fraction of sp³-hybridized carbons (Fsp3) is 0.133. The van der Waals surface area contributed by atoms with E-state index < -0.39 is 18.5 Å². The Morgan fingerprint density at radius 1 is 1.21 bits per heavy atom. The van der Waals surface area contributed by atoms with Gasteiger partial charge in [-0.05, 0) is 5.56 Å². The van der Waals surface area contributed by atoms with Gasteiger partial charge in [0.05, 0.1) is 0 Å². The number of ether oxygens (including phenoxy) is 1. The van der Waals surface area contributed by atoms with E-state index in [0.717, 1.165) is 10.1 Å². The molecule has 0 saturated heterocycles. The minimum absolute atomic E-state index is 0.00543. The van der Waals surface area contributed by atoms with Gasteiger partial charge in [-0.25, -0.2) is 24.3 Å². The molecule has 2 heterocycles. The van der Waals surface area contributed by atoms with E-state index in [1.165, 1.54) is 6.33 Å². The molecule has 3 N–H and O–H groups in total. The highest BCUT2D eigenvalue weighted by Gasteiger charge is 2.17. The molecule has 3 aromatic rings. The first kappa shape index (κ1) is 15.4. The van der Waals surface area contributed by atoms with Crippen molar-refractivity contribution in [1.82, 2.24) is 19.5 Å². The molecule has 122 valence electrons. The van der Waals surface area contributed by atoms with Crippen molar-refractivity contribution in [2.75, 3.05) is 5.73 Å². The van der Waals surface area contributed by atoms with Crippen LogP contribution in [0.2, 0.25) is 0 Å². The fourth-order valence-corrected chi connectivity index (χ4v) is 2.11. The maximum Gasteiger partial charge on any atom is 0.421 e. The summed E-state index contributed by atoms with van der Waals surface area (Å²) in [6, 6.07) is 9.18. The Morgan fingerprint density at radius 2 is 1.96 bits per heavy atom. The van der Waals surface area contributed by atoms with Crippen LogP contribution in [-0.4, -0.2) is 36.7 Å². The van der Waals surface area contributed by atoms with Gasteiger partial charge in [0.15, 0.2) is 17.0 Å². The van der Waals surface area contributed by atoms with E-state index in [0.29, 0.717) is 0 Å². The highest BCUT2D eigenvalue weighted by atomic mass is 16.5. The van der Waals surface area contributed by atoms with Gasteiger partial charge in [0.2, 0.25) is 0 Å². The Labute approximate surface area is 135 Å². The van der Waals surface area contributed by atoms with Gasteiger partial charge in [-0.3, -0.25) is 4.79 Å². The van der Waals surface area contributed by atoms with E-state index in [1.807, 2.05) is 30.3 Å². The van der Waals surface area contributed by atoms with Gasteiger partial charge in [0.25, 0.3) is 0 Å². The third kappa shape index (κ3) is 3.14. The molecular formula is C15H13N5O4. The smallest absolute Gasteiger partial charge is 0.421 e. The second-order valence-electron chi connectivity index (χ2n) is 4.92. The van der Waals surface area contributed by atoms with Crippen LogP contribution in [0.3, 0.4) is 0 Å². The number of hydrogen-bond donors (Lipinski definition) is 2. The van der Waals surface area contributed by atoms with Crippen molar-refractivity contribution in [2.45, 2.75) is 13.0 Å². The summed E-state index contributed by atoms with van der Waals surface area (Å²) in [6.45, 7) is 0.0852. The van der Waals surface area contributed by atoms with Crippen molar-refractivity contribution in [3.63, 3.8) is 0 Å². The molecule has 2 aromatic heterocycles. The number of aliphatic carboxylic acids is 1. The zero-order chi connectivity index (χ0) is 17.1. The van der Waals surface area contributed by atoms with Crippen LogP contribution in [0, 0.1) is 0 Å². The van der Waals surface area contributed by atoms with Crippen LogP contribution in [-0.2, 0) is 22.6 Å². The quantitative estimate of drug-likeness (QED) is 0.730. The van der Waals surface area contributed by atoms with Gasteiger partial charge >= 0.3 is 12.1 Å². The maximum absolute atomic E-state index is 12.2. The molecule has 0 atom stereocenters. The van der Waals surface area contributed by atoms with Crippen LogP contribution < -0.4 is 5.73 Å². The Kier molecular flexibility index (Phi) is 4.06. The van der Waals surface area contributed by atoms with Gasteiger partial charge in [0.1, 0.15) is 25.2 Å². The zero-order valence-corrected chi connectivity index (χ0v) is 12.4. The van der Waals surface area contributed by atoms with Crippen LogP contribution in [0.4, 0.5) is 10.6 Å². The van der Waals surface area contributed by atoms with Gasteiger partial charge < -0.3 is 15.6 Å². The Morgan fingerprint density at radius 3 is 2.67 bits per heavy atom. The molecular weight excluding hydrogens is 314 g/mol. The average molecular weight is 327 g/mol. The van der Waals surface area contributed by atoms with Crippen molar-refractivity contribution in [1.29, 1.82) is 0 Å². The van der Waals surface area contributed by atoms with Crippen LogP contribution in [0.25, 0.3) is 11.2 Å². The molecule has 3 rings (SSSR count). The molecule has 0 amide bonds. The Hall–Kier alpha value is -3.49. The summed E-state index contributed by atoms with van der Waals surface area (Å²) in [6.07, 6.45) is 0.110. The molecule has 0 unspecified atom stereocenters. The molecule has 9 heteroatoms. The number of nitrogens with zero attached hydrogens (tertiary/aromatic N) is 4. The van der Waals surface area contributed by atoms with Crippen LogP contribution in [0.15, 0.2) is 36.7 Å². The van der Waals surface area contributed by atoms with Gasteiger partial charge in [-0.1, -0.05) is 30.3 Å². The van der Waals surface area contributed by atoms with Crippen molar-refractivity contribution >= 4 is 29.0 Å². The molecule has 0 bridgehead atoms. The standard InChI is InChI=1S/C15H13N5O4/c16-13-12-14(19-10(18-13)6-11(21)22)20(8-17-12)15(23)24-7-9-4-2-1-3-5-9/h1-5,8H,6-7H2,(H,21,22)(H2,16,18,19). The lowest BCUT2D eigenvalue weighted by atomic mass is 10.2. The zero-order valence-electron chi connectivity index (χ0n) is 12.4. The molecule has 0 spiro atoms. The number of nitrogen functional groups attached to an aromatic ring is 1. The van der Waals surface area contributed by atoms with Crippen molar-refractivity contribution < 1.29 is 19.4 Å². The van der Waals surface area contributed by atoms with Crippen molar-refractivity contribution in [3.8, 4) is 0 Å². The number of hydrogen-bond acceptors (Lipinski definition) is 7. The molecule has 0 aliphatic heterocycles. The van der Waals surface area contributed by atoms with Gasteiger partial charge in [0, 0.05) is 0 Å². The first-order chi connectivity index (χ1) is 11.5. The Balaban J connectivity index is 1.87. The first-order valence-electron chi connectivity index (χ1n) is 6.97. The summed E-state index contributed by atoms with van der Waals surface area (Å²) in [5.41, 5.74) is 6.89. The Bertz CT molecular complexity index is 907. The summed E-state index contributed by atoms with van der Waals surface area (Å²) in [5, 5.41) is 8.83. The van der Waals surface area contributed by atoms with Crippen LogP contribution >= 0.6 is 0 Å². The predicted molar refractivity (Wildman–Crippen MR) is 83.1 cm³/mol. The molecule has 0 aliphatic rings. The number of anilines is 1. The normalized spacial score (nSPS) is 10.7. The molecule has 24 heavy (non-hydrogen) atoms. The van der Waals surface area contributed by atoms with E-state index in [1.54, 1.807) is 0 Å². The highest BCUT2D eigenvalue weighted by molar-refractivity contribution is 5.89. The number of aromatic nitrogens is 4. The van der Waals surface area contributed by atoms with E-state index in [4.69, 9.17) is 15.6 Å². The second kappa shape index (κ2) is 6.32. The summed E-state index contributed by atoms with van der Waals surface area (Å²) in [7, 11) is 0. The number of rotatable bonds is 4. The number of imidazole rings is 1. The molecule has 9 nitrogen and oxygen atoms in total. The maximum atomic E-state index is 12.2. The number of carbonyl (C=O) groups is 2. The highest BCUT2D eigenvalue weighted by Crippen LogP contribution is 2.17. The number of carboxylic acid groups (broad SMARTS) is 1. The predicted octanol–water partition coefficient (Wildman–Crippen LogP) is 1.22. The number of carbonyl (C=O) groups excluding carboxylic acids is 1. The summed E-state index contributed by atoms with van der Waals surface area (Å²) < 4.78 is 6.28. The topological polar surface area (TPSA) is 133 Å². The lowest BCUT2D eigenvalue weighted by molar-refractivity contribution is -0.136. The number of benzene rings is 1. The largest absolute Gasteiger partial charge is 0.481 e. The first-order valence-corrected chi connectivity index (χ1v) is 6.97. The van der Waals surface area contributed by atoms with E-state index in [9.17, 15) is 9.59 Å². The summed E-state index contributed by atoms with van der Waals surface area (Å²) in [5.74, 6) is -1.11. The number of carboxylic acids is 1. The second-order valence-corrected chi connectivity index (χ2v) is 4.92. The average Bonchev–Trinajstić information content (AvgIpc) is 2.97. The SMILES string of the molecule is Nc1nc(CC(=O)O)nc2c1ncn2C(=O)OCc1ccccc1. The van der Waals surface area contributed by atoms with Crippen molar-refractivity contribution in [3.05, 3.63) is 48.0 Å². The lowest BCUT2D eigenvalue weighted by Crippen LogP contribution is -2.14. The summed E-state index contributed by atoms with van der Waals surface area (Å²) in [4.78, 5) is 34.9. The molecule has 0 aliphatic carbocycles. The molecule has 1 aromatic carbocycles. The fourth-order valence-electron chi connectivity index (χ4n) is 2.11. The van der Waals surface area contributed by atoms with Gasteiger partial charge in [-0.2, -0.15) is 0 Å². The van der Waals surface area contributed by atoms with Gasteiger partial charge in [-0.15, -0.1) is 0 Å². The van der Waals surface area contributed by atoms with Crippen LogP contribution in [0.5, 0.6) is 0 Å². The molecule has 0 radical (unpaired) electrons. The lowest BCUT2D eigenvalue weighted by Gasteiger charge is -2.06. The molecule has 0 fully saturated rings. The minimum Gasteiger partial charge on any atom is -0.481 e. The molecule has 0 saturated carbocycles. The third-order valence-corrected chi connectivity index (χ3v) is 3.18. The van der Waals surface area contributed by atoms with E-state index >= 15 is 0 Å². The minimum atomic E-state index is -1.11. The van der Waals surface area contributed by atoms with Crippen LogP contribution in [0.1, 0.15) is 11.4 Å². The van der Waals surface area contributed by atoms with E-state index in [2.05, 4.69) is 15.0 Å². The summed E-state index contributed by atoms with van der Waals surface area (Å²) >= 11 is 0. The number of nitrogens with two attached hydrogens (primary N) is 1.